The normalized spacial score (nSPS) is 13.9. The molecule has 0 spiro atoms. The summed E-state index contributed by atoms with van der Waals surface area (Å²) in [5.41, 5.74) is -0.195. The van der Waals surface area contributed by atoms with Crippen molar-refractivity contribution in [2.45, 2.75) is 44.7 Å². The van der Waals surface area contributed by atoms with Gasteiger partial charge in [-0.15, -0.1) is 11.8 Å². The number of thioether (sulfide) groups is 1. The van der Waals surface area contributed by atoms with Gasteiger partial charge in [0, 0.05) is 11.4 Å². The van der Waals surface area contributed by atoms with Gasteiger partial charge >= 0.3 is 5.97 Å². The number of hydrogen-bond acceptors (Lipinski definition) is 5. The number of esters is 1. The number of hydrogen-bond donors (Lipinski definition) is 0. The van der Waals surface area contributed by atoms with Crippen LogP contribution in [-0.4, -0.2) is 30.6 Å². The van der Waals surface area contributed by atoms with Crippen LogP contribution in [0.2, 0.25) is 0 Å². The van der Waals surface area contributed by atoms with Crippen LogP contribution < -0.4 is 4.74 Å². The number of rotatable bonds is 11. The molecule has 0 radical (unpaired) electrons. The average Bonchev–Trinajstić information content (AvgIpc) is 2.68. The van der Waals surface area contributed by atoms with Crippen LogP contribution >= 0.6 is 20.2 Å². The van der Waals surface area contributed by atoms with Crippen LogP contribution in [0.25, 0.3) is 10.8 Å². The standard InChI is InChI=1S/C22H31O4PS/c1-5-25-19-12-11-16-9-7-8-10-17(16)21(19)28-14-20(27-24)18(13-15(3)4)22(23)26-6-2/h7-12,15,18,20H,5-6,13-14,27H2,1-4H3. The molecule has 2 aromatic rings. The van der Waals surface area contributed by atoms with E-state index in [1.807, 2.05) is 32.0 Å². The fourth-order valence-corrected chi connectivity index (χ4v) is 5.58. The third-order valence-electron chi connectivity index (χ3n) is 4.57. The Morgan fingerprint density at radius 2 is 1.86 bits per heavy atom. The molecule has 0 aliphatic heterocycles. The van der Waals surface area contributed by atoms with Crippen LogP contribution in [0.1, 0.15) is 34.1 Å². The van der Waals surface area contributed by atoms with Crippen LogP contribution in [0, 0.1) is 11.8 Å². The molecular weight excluding hydrogens is 391 g/mol. The molecule has 6 heteroatoms. The SMILES string of the molecule is CCOC(=O)C(CC(C)C)C(CSc1c(OCC)ccc2ccccc12)[PH2]=O. The molecule has 154 valence electrons. The Morgan fingerprint density at radius 1 is 1.11 bits per heavy atom. The molecule has 2 rings (SSSR count). The predicted molar refractivity (Wildman–Crippen MR) is 120 cm³/mol. The Labute approximate surface area is 173 Å². The number of benzene rings is 2. The van der Waals surface area contributed by atoms with Crippen LogP contribution in [0.15, 0.2) is 41.3 Å². The molecular formula is C22H31O4PS. The van der Waals surface area contributed by atoms with Gasteiger partial charge in [-0.05, 0) is 43.0 Å². The van der Waals surface area contributed by atoms with Crippen molar-refractivity contribution in [1.82, 2.24) is 0 Å². The first-order valence-electron chi connectivity index (χ1n) is 9.91. The van der Waals surface area contributed by atoms with Gasteiger partial charge in [-0.2, -0.15) is 0 Å². The molecule has 0 aliphatic carbocycles. The summed E-state index contributed by atoms with van der Waals surface area (Å²) in [6.45, 7) is 8.86. The second-order valence-electron chi connectivity index (χ2n) is 7.15. The summed E-state index contributed by atoms with van der Waals surface area (Å²) in [4.78, 5) is 13.5. The van der Waals surface area contributed by atoms with Gasteiger partial charge in [0.05, 0.1) is 32.5 Å². The van der Waals surface area contributed by atoms with E-state index in [4.69, 9.17) is 9.47 Å². The van der Waals surface area contributed by atoms with Gasteiger partial charge in [-0.25, -0.2) is 0 Å². The van der Waals surface area contributed by atoms with Gasteiger partial charge in [0.1, 0.15) is 5.75 Å². The van der Waals surface area contributed by atoms with E-state index < -0.39 is 8.46 Å². The molecule has 28 heavy (non-hydrogen) atoms. The highest BCUT2D eigenvalue weighted by Crippen LogP contribution is 2.39. The third kappa shape index (κ3) is 6.02. The van der Waals surface area contributed by atoms with Crippen molar-refractivity contribution in [2.24, 2.45) is 11.8 Å². The van der Waals surface area contributed by atoms with Crippen molar-refractivity contribution in [3.05, 3.63) is 36.4 Å². The molecule has 3 unspecified atom stereocenters. The second kappa shape index (κ2) is 11.5. The Morgan fingerprint density at radius 3 is 2.50 bits per heavy atom. The van der Waals surface area contributed by atoms with Gasteiger partial charge in [0.2, 0.25) is 0 Å². The fraction of sp³-hybridized carbons (Fsp3) is 0.500. The Bertz CT molecular complexity index is 793. The van der Waals surface area contributed by atoms with Crippen LogP contribution in [0.4, 0.5) is 0 Å². The average molecular weight is 423 g/mol. The van der Waals surface area contributed by atoms with Crippen LogP contribution in [-0.2, 0) is 14.1 Å². The lowest BCUT2D eigenvalue weighted by molar-refractivity contribution is -0.148. The predicted octanol–water partition coefficient (Wildman–Crippen LogP) is 5.68. The first-order chi connectivity index (χ1) is 13.5. The van der Waals surface area contributed by atoms with Crippen molar-refractivity contribution in [1.29, 1.82) is 0 Å². The van der Waals surface area contributed by atoms with Gasteiger partial charge in [0.15, 0.2) is 0 Å². The largest absolute Gasteiger partial charge is 0.493 e. The lowest BCUT2D eigenvalue weighted by Gasteiger charge is -2.23. The lowest BCUT2D eigenvalue weighted by atomic mass is 9.94. The van der Waals surface area contributed by atoms with E-state index >= 15 is 0 Å². The minimum Gasteiger partial charge on any atom is -0.493 e. The van der Waals surface area contributed by atoms with Crippen molar-refractivity contribution in [2.75, 3.05) is 19.0 Å². The Hall–Kier alpha value is -1.45. The Kier molecular flexibility index (Phi) is 9.40. The highest BCUT2D eigenvalue weighted by atomic mass is 32.2. The van der Waals surface area contributed by atoms with E-state index in [-0.39, 0.29) is 17.5 Å². The maximum atomic E-state index is 12.5. The zero-order valence-corrected chi connectivity index (χ0v) is 19.1. The van der Waals surface area contributed by atoms with Gasteiger partial charge in [-0.1, -0.05) is 44.2 Å². The summed E-state index contributed by atoms with van der Waals surface area (Å²) in [5, 5.41) is 2.26. The highest BCUT2D eigenvalue weighted by Gasteiger charge is 2.30. The number of carbonyl (C=O) groups excluding carboxylic acids is 1. The summed E-state index contributed by atoms with van der Waals surface area (Å²) < 4.78 is 23.2. The first kappa shape index (κ1) is 22.8. The van der Waals surface area contributed by atoms with E-state index in [2.05, 4.69) is 32.0 Å². The zero-order valence-electron chi connectivity index (χ0n) is 17.1. The number of carbonyl (C=O) groups is 1. The van der Waals surface area contributed by atoms with Gasteiger partial charge in [-0.3, -0.25) is 4.79 Å². The summed E-state index contributed by atoms with van der Waals surface area (Å²) >= 11 is 1.63. The number of fused-ring (bicyclic) bond motifs is 1. The summed E-state index contributed by atoms with van der Waals surface area (Å²) in [6, 6.07) is 12.2. The molecule has 0 amide bonds. The Balaban J connectivity index is 2.29. The molecule has 4 nitrogen and oxygen atoms in total. The maximum Gasteiger partial charge on any atom is 0.309 e. The molecule has 0 fully saturated rings. The molecule has 0 N–H and O–H groups in total. The molecule has 2 aromatic carbocycles. The van der Waals surface area contributed by atoms with E-state index in [0.717, 1.165) is 21.4 Å². The van der Waals surface area contributed by atoms with Gasteiger partial charge in [0.25, 0.3) is 0 Å². The first-order valence-corrected chi connectivity index (χ1v) is 12.0. The molecule has 0 aliphatic rings. The smallest absolute Gasteiger partial charge is 0.309 e. The summed E-state index contributed by atoms with van der Waals surface area (Å²) in [6.07, 6.45) is 0.688. The van der Waals surface area contributed by atoms with Crippen molar-refractivity contribution in [3.63, 3.8) is 0 Å². The third-order valence-corrected chi connectivity index (χ3v) is 7.22. The molecule has 0 saturated heterocycles. The number of ether oxygens (including phenoxy) is 2. The monoisotopic (exact) mass is 422 g/mol. The topological polar surface area (TPSA) is 52.6 Å². The quantitative estimate of drug-likeness (QED) is 0.265. The highest BCUT2D eigenvalue weighted by molar-refractivity contribution is 7.99. The van der Waals surface area contributed by atoms with E-state index in [9.17, 15) is 9.36 Å². The van der Waals surface area contributed by atoms with Crippen molar-refractivity contribution < 1.29 is 18.8 Å². The van der Waals surface area contributed by atoms with Crippen molar-refractivity contribution >= 4 is 37.0 Å². The lowest BCUT2D eigenvalue weighted by Crippen LogP contribution is -2.29. The van der Waals surface area contributed by atoms with E-state index in [0.29, 0.717) is 31.3 Å². The van der Waals surface area contributed by atoms with Crippen LogP contribution in [0.5, 0.6) is 5.75 Å². The van der Waals surface area contributed by atoms with Crippen LogP contribution in [0.3, 0.4) is 0 Å². The minimum atomic E-state index is -1.09. The molecule has 0 aromatic heterocycles. The van der Waals surface area contributed by atoms with Crippen molar-refractivity contribution in [3.8, 4) is 5.75 Å². The van der Waals surface area contributed by atoms with E-state index in [1.165, 1.54) is 0 Å². The van der Waals surface area contributed by atoms with E-state index in [1.54, 1.807) is 11.8 Å². The molecule has 0 heterocycles. The molecule has 0 saturated carbocycles. The maximum absolute atomic E-state index is 12.5. The van der Waals surface area contributed by atoms with Gasteiger partial charge < -0.3 is 14.0 Å². The molecule has 3 atom stereocenters. The fourth-order valence-electron chi connectivity index (χ4n) is 3.27. The zero-order chi connectivity index (χ0) is 20.5. The minimum absolute atomic E-state index is 0.195. The molecule has 0 bridgehead atoms. The second-order valence-corrected chi connectivity index (χ2v) is 9.30. The summed E-state index contributed by atoms with van der Waals surface area (Å²) in [5.74, 6) is 1.22. The summed E-state index contributed by atoms with van der Waals surface area (Å²) in [7, 11) is -1.09.